The molecule has 5 nitrogen and oxygen atoms in total. The molecule has 1 atom stereocenters. The number of benzene rings is 1. The Morgan fingerprint density at radius 1 is 1.43 bits per heavy atom. The Kier molecular flexibility index (Phi) is 4.26. The maximum absolute atomic E-state index is 12.3. The van der Waals surface area contributed by atoms with Gasteiger partial charge in [0.25, 0.3) is 0 Å². The van der Waals surface area contributed by atoms with E-state index in [1.54, 1.807) is 16.8 Å². The lowest BCUT2D eigenvalue weighted by Crippen LogP contribution is -2.44. The van der Waals surface area contributed by atoms with Crippen LogP contribution in [0.3, 0.4) is 0 Å². The molecule has 0 saturated heterocycles. The largest absolute Gasteiger partial charge is 0.487 e. The lowest BCUT2D eigenvalue weighted by molar-refractivity contribution is 0.0679. The van der Waals surface area contributed by atoms with Gasteiger partial charge in [0.2, 0.25) is 0 Å². The summed E-state index contributed by atoms with van der Waals surface area (Å²) >= 11 is 1.55. The van der Waals surface area contributed by atoms with E-state index in [1.807, 2.05) is 45.0 Å². The molecular weight excluding hydrogens is 310 g/mol. The molecule has 1 aliphatic heterocycles. The molecule has 1 aliphatic rings. The highest BCUT2D eigenvalue weighted by molar-refractivity contribution is 7.09. The van der Waals surface area contributed by atoms with Crippen molar-refractivity contribution in [3.63, 3.8) is 0 Å². The van der Waals surface area contributed by atoms with Crippen LogP contribution in [0.4, 0.5) is 4.79 Å². The molecule has 0 fully saturated rings. The molecule has 2 amide bonds. The highest BCUT2D eigenvalue weighted by Crippen LogP contribution is 2.39. The summed E-state index contributed by atoms with van der Waals surface area (Å²) in [5.41, 5.74) is 3.48. The van der Waals surface area contributed by atoms with Gasteiger partial charge in [0.15, 0.2) is 0 Å². The van der Waals surface area contributed by atoms with Crippen LogP contribution >= 0.6 is 11.3 Å². The fourth-order valence-corrected chi connectivity index (χ4v) is 3.51. The summed E-state index contributed by atoms with van der Waals surface area (Å²) in [6, 6.07) is 7.64. The Morgan fingerprint density at radius 2 is 2.22 bits per heavy atom. The van der Waals surface area contributed by atoms with Gasteiger partial charge in [0.05, 0.1) is 23.8 Å². The highest BCUT2D eigenvalue weighted by atomic mass is 32.1. The standard InChI is InChI=1S/C17H21N3O2S/c1-11-15(23-10-19-11)9-18-16(21)20-13-8-17(2,3)22-14-7-5-4-6-12(13)14/h4-7,10,13H,8-9H2,1-3H3,(H2,18,20,21)/t13-/m0/s1. The molecule has 0 saturated carbocycles. The average Bonchev–Trinajstić information content (AvgIpc) is 2.89. The van der Waals surface area contributed by atoms with E-state index in [9.17, 15) is 4.79 Å². The van der Waals surface area contributed by atoms with Crippen LogP contribution in [-0.2, 0) is 6.54 Å². The van der Waals surface area contributed by atoms with Crippen LogP contribution in [0.2, 0.25) is 0 Å². The third-order valence-electron chi connectivity index (χ3n) is 3.94. The Bertz CT molecular complexity index is 711. The number of carbonyl (C=O) groups excluding carboxylic acids is 1. The number of nitrogens with zero attached hydrogens (tertiary/aromatic N) is 1. The molecule has 23 heavy (non-hydrogen) atoms. The van der Waals surface area contributed by atoms with E-state index in [2.05, 4.69) is 15.6 Å². The van der Waals surface area contributed by atoms with Gasteiger partial charge in [-0.2, -0.15) is 0 Å². The van der Waals surface area contributed by atoms with Gasteiger partial charge in [-0.05, 0) is 26.8 Å². The smallest absolute Gasteiger partial charge is 0.315 e. The van der Waals surface area contributed by atoms with Crippen molar-refractivity contribution in [2.45, 2.75) is 45.4 Å². The number of fused-ring (bicyclic) bond motifs is 1. The number of ether oxygens (including phenoxy) is 1. The van der Waals surface area contributed by atoms with Crippen molar-refractivity contribution in [3.05, 3.63) is 45.9 Å². The zero-order valence-corrected chi connectivity index (χ0v) is 14.4. The minimum Gasteiger partial charge on any atom is -0.487 e. The van der Waals surface area contributed by atoms with Crippen LogP contribution in [-0.4, -0.2) is 16.6 Å². The number of para-hydroxylation sites is 1. The quantitative estimate of drug-likeness (QED) is 0.904. The minimum atomic E-state index is -0.305. The van der Waals surface area contributed by atoms with E-state index in [-0.39, 0.29) is 17.7 Å². The van der Waals surface area contributed by atoms with Gasteiger partial charge in [0.1, 0.15) is 11.4 Å². The zero-order chi connectivity index (χ0) is 16.4. The molecule has 0 bridgehead atoms. The SMILES string of the molecule is Cc1ncsc1CNC(=O)N[C@H]1CC(C)(C)Oc2ccccc21. The number of hydrogen-bond donors (Lipinski definition) is 2. The predicted octanol–water partition coefficient (Wildman–Crippen LogP) is 3.55. The summed E-state index contributed by atoms with van der Waals surface area (Å²) in [5, 5.41) is 5.98. The van der Waals surface area contributed by atoms with Gasteiger partial charge >= 0.3 is 6.03 Å². The molecular formula is C17H21N3O2S. The van der Waals surface area contributed by atoms with E-state index in [0.29, 0.717) is 6.54 Å². The van der Waals surface area contributed by atoms with E-state index in [0.717, 1.165) is 28.3 Å². The predicted molar refractivity (Wildman–Crippen MR) is 90.7 cm³/mol. The second-order valence-corrected chi connectivity index (χ2v) is 7.28. The van der Waals surface area contributed by atoms with Crippen molar-refractivity contribution >= 4 is 17.4 Å². The molecule has 2 N–H and O–H groups in total. The summed E-state index contributed by atoms with van der Waals surface area (Å²) in [7, 11) is 0. The number of carbonyl (C=O) groups is 1. The first-order valence-corrected chi connectivity index (χ1v) is 8.54. The molecule has 0 radical (unpaired) electrons. The monoisotopic (exact) mass is 331 g/mol. The number of urea groups is 1. The molecule has 6 heteroatoms. The maximum atomic E-state index is 12.3. The van der Waals surface area contributed by atoms with Crippen LogP contribution < -0.4 is 15.4 Å². The van der Waals surface area contributed by atoms with Gasteiger partial charge in [-0.15, -0.1) is 11.3 Å². The van der Waals surface area contributed by atoms with Crippen LogP contribution in [0.15, 0.2) is 29.8 Å². The molecule has 0 spiro atoms. The normalized spacial score (nSPS) is 18.7. The second kappa shape index (κ2) is 6.20. The number of nitrogens with one attached hydrogen (secondary N) is 2. The first-order valence-electron chi connectivity index (χ1n) is 7.66. The van der Waals surface area contributed by atoms with Gasteiger partial charge in [-0.25, -0.2) is 9.78 Å². The van der Waals surface area contributed by atoms with E-state index in [1.165, 1.54) is 0 Å². The van der Waals surface area contributed by atoms with Crippen molar-refractivity contribution in [2.24, 2.45) is 0 Å². The van der Waals surface area contributed by atoms with Crippen molar-refractivity contribution < 1.29 is 9.53 Å². The lowest BCUT2D eigenvalue weighted by Gasteiger charge is -2.37. The summed E-state index contributed by atoms with van der Waals surface area (Å²) in [5.74, 6) is 0.840. The first kappa shape index (κ1) is 15.8. The summed E-state index contributed by atoms with van der Waals surface area (Å²) in [6.07, 6.45) is 0.733. The van der Waals surface area contributed by atoms with Crippen LogP contribution in [0.25, 0.3) is 0 Å². The molecule has 3 rings (SSSR count). The van der Waals surface area contributed by atoms with Crippen molar-refractivity contribution in [2.75, 3.05) is 0 Å². The molecule has 2 heterocycles. The molecule has 1 aromatic carbocycles. The fourth-order valence-electron chi connectivity index (χ4n) is 2.80. The van der Waals surface area contributed by atoms with Crippen LogP contribution in [0.1, 0.15) is 42.4 Å². The van der Waals surface area contributed by atoms with E-state index < -0.39 is 0 Å². The van der Waals surface area contributed by atoms with E-state index >= 15 is 0 Å². The van der Waals surface area contributed by atoms with Crippen LogP contribution in [0, 0.1) is 6.92 Å². The van der Waals surface area contributed by atoms with Gasteiger partial charge < -0.3 is 15.4 Å². The summed E-state index contributed by atoms with van der Waals surface area (Å²) < 4.78 is 5.99. The van der Waals surface area contributed by atoms with Gasteiger partial charge in [0, 0.05) is 16.9 Å². The minimum absolute atomic E-state index is 0.0579. The van der Waals surface area contributed by atoms with E-state index in [4.69, 9.17) is 4.74 Å². The lowest BCUT2D eigenvalue weighted by atomic mass is 9.90. The molecule has 122 valence electrons. The zero-order valence-electron chi connectivity index (χ0n) is 13.6. The van der Waals surface area contributed by atoms with Crippen molar-refractivity contribution in [3.8, 4) is 5.75 Å². The van der Waals surface area contributed by atoms with Crippen molar-refractivity contribution in [1.82, 2.24) is 15.6 Å². The Labute approximate surface area is 140 Å². The number of aryl methyl sites for hydroxylation is 1. The third kappa shape index (κ3) is 3.64. The first-order chi connectivity index (χ1) is 10.9. The molecule has 1 aromatic heterocycles. The molecule has 0 unspecified atom stereocenters. The third-order valence-corrected chi connectivity index (χ3v) is 4.87. The topological polar surface area (TPSA) is 63.2 Å². The summed E-state index contributed by atoms with van der Waals surface area (Å²) in [6.45, 7) is 6.52. The highest BCUT2D eigenvalue weighted by Gasteiger charge is 2.34. The number of hydrogen-bond acceptors (Lipinski definition) is 4. The number of thiazole rings is 1. The van der Waals surface area contributed by atoms with Crippen molar-refractivity contribution in [1.29, 1.82) is 0 Å². The second-order valence-electron chi connectivity index (χ2n) is 6.34. The average molecular weight is 331 g/mol. The van der Waals surface area contributed by atoms with Crippen LogP contribution in [0.5, 0.6) is 5.75 Å². The van der Waals surface area contributed by atoms with Gasteiger partial charge in [-0.3, -0.25) is 0 Å². The Hall–Kier alpha value is -2.08. The fraction of sp³-hybridized carbons (Fsp3) is 0.412. The number of rotatable bonds is 3. The maximum Gasteiger partial charge on any atom is 0.315 e. The Balaban J connectivity index is 1.67. The molecule has 2 aromatic rings. The number of amides is 2. The Morgan fingerprint density at radius 3 is 2.96 bits per heavy atom. The molecule has 0 aliphatic carbocycles. The summed E-state index contributed by atoms with van der Waals surface area (Å²) in [4.78, 5) is 17.5. The number of aromatic nitrogens is 1. The van der Waals surface area contributed by atoms with Gasteiger partial charge in [-0.1, -0.05) is 18.2 Å².